The highest BCUT2D eigenvalue weighted by molar-refractivity contribution is 6.09. The Morgan fingerprint density at radius 2 is 1.85 bits per heavy atom. The average molecular weight is 362 g/mol. The fourth-order valence-electron chi connectivity index (χ4n) is 2.77. The molecular formula is C21H18N2O4. The van der Waals surface area contributed by atoms with Gasteiger partial charge in [-0.05, 0) is 34.5 Å². The predicted molar refractivity (Wildman–Crippen MR) is 104 cm³/mol. The van der Waals surface area contributed by atoms with Crippen molar-refractivity contribution in [3.63, 3.8) is 0 Å². The third kappa shape index (κ3) is 4.12. The summed E-state index contributed by atoms with van der Waals surface area (Å²) in [7, 11) is 1.41. The lowest BCUT2D eigenvalue weighted by molar-refractivity contribution is 0.0693. The number of carboxylic acid groups (broad SMARTS) is 1. The molecular weight excluding hydrogens is 344 g/mol. The van der Waals surface area contributed by atoms with Crippen LogP contribution in [0.4, 0.5) is 0 Å². The molecule has 0 aliphatic carbocycles. The van der Waals surface area contributed by atoms with Gasteiger partial charge in [-0.25, -0.2) is 4.79 Å². The van der Waals surface area contributed by atoms with Gasteiger partial charge in [-0.1, -0.05) is 42.5 Å². The van der Waals surface area contributed by atoms with E-state index in [0.717, 1.165) is 10.8 Å². The van der Waals surface area contributed by atoms with Crippen LogP contribution in [0.25, 0.3) is 10.8 Å². The van der Waals surface area contributed by atoms with E-state index in [1.165, 1.54) is 19.4 Å². The third-order valence-electron chi connectivity index (χ3n) is 4.09. The maximum atomic E-state index is 12.5. The molecule has 6 nitrogen and oxygen atoms in total. The molecule has 0 bridgehead atoms. The summed E-state index contributed by atoms with van der Waals surface area (Å²) in [5.41, 5.74) is 3.98. The number of aromatic carboxylic acids is 1. The maximum absolute atomic E-state index is 12.5. The number of rotatable bonds is 7. The van der Waals surface area contributed by atoms with Crippen LogP contribution >= 0.6 is 0 Å². The number of Topliss-reactive ketones (excluding diaryl/α,β-unsaturated/α-hetero) is 1. The van der Waals surface area contributed by atoms with E-state index in [1.807, 2.05) is 36.4 Å². The molecule has 0 saturated heterocycles. The lowest BCUT2D eigenvalue weighted by atomic mass is 10.0. The van der Waals surface area contributed by atoms with E-state index >= 15 is 0 Å². The molecule has 0 atom stereocenters. The van der Waals surface area contributed by atoms with Gasteiger partial charge in [-0.3, -0.25) is 4.79 Å². The second-order valence-corrected chi connectivity index (χ2v) is 5.81. The Balaban J connectivity index is 1.68. The Morgan fingerprint density at radius 3 is 2.63 bits per heavy atom. The fourth-order valence-corrected chi connectivity index (χ4v) is 2.77. The molecule has 0 saturated carbocycles. The van der Waals surface area contributed by atoms with Crippen molar-refractivity contribution in [3.8, 4) is 5.75 Å². The minimum atomic E-state index is -1.08. The molecule has 0 aliphatic heterocycles. The number of carboxylic acids is 1. The summed E-state index contributed by atoms with van der Waals surface area (Å²) in [6.07, 6.45) is 1.46. The van der Waals surface area contributed by atoms with Gasteiger partial charge in [0.1, 0.15) is 11.3 Å². The van der Waals surface area contributed by atoms with Crippen molar-refractivity contribution in [2.45, 2.75) is 0 Å². The molecule has 0 unspecified atom stereocenters. The van der Waals surface area contributed by atoms with E-state index in [0.29, 0.717) is 11.1 Å². The van der Waals surface area contributed by atoms with Gasteiger partial charge >= 0.3 is 5.97 Å². The number of fused-ring (bicyclic) bond motifs is 1. The van der Waals surface area contributed by atoms with Crippen molar-refractivity contribution < 1.29 is 19.4 Å². The van der Waals surface area contributed by atoms with Gasteiger partial charge in [0.05, 0.1) is 19.9 Å². The molecule has 0 amide bonds. The normalized spacial score (nSPS) is 10.9. The highest BCUT2D eigenvalue weighted by Gasteiger charge is 2.11. The summed E-state index contributed by atoms with van der Waals surface area (Å²) in [5, 5.41) is 15.1. The molecule has 2 N–H and O–H groups in total. The maximum Gasteiger partial charge on any atom is 0.339 e. The minimum absolute atomic E-state index is 0.0342. The summed E-state index contributed by atoms with van der Waals surface area (Å²) in [5.74, 6) is -0.884. The zero-order valence-corrected chi connectivity index (χ0v) is 14.7. The Labute approximate surface area is 156 Å². The van der Waals surface area contributed by atoms with Crippen LogP contribution in [-0.4, -0.2) is 36.7 Å². The molecule has 27 heavy (non-hydrogen) atoms. The molecule has 3 rings (SSSR count). The largest absolute Gasteiger partial charge is 0.496 e. The minimum Gasteiger partial charge on any atom is -0.496 e. The van der Waals surface area contributed by atoms with E-state index in [9.17, 15) is 14.7 Å². The van der Waals surface area contributed by atoms with E-state index in [2.05, 4.69) is 10.5 Å². The smallest absolute Gasteiger partial charge is 0.339 e. The number of methoxy groups -OCH3 is 1. The van der Waals surface area contributed by atoms with E-state index in [-0.39, 0.29) is 23.6 Å². The number of carbonyl (C=O) groups excluding carboxylic acids is 1. The molecule has 0 aromatic heterocycles. The van der Waals surface area contributed by atoms with Crippen molar-refractivity contribution >= 4 is 28.7 Å². The first kappa shape index (κ1) is 18.1. The summed E-state index contributed by atoms with van der Waals surface area (Å²) < 4.78 is 5.02. The van der Waals surface area contributed by atoms with Gasteiger partial charge < -0.3 is 15.3 Å². The molecule has 0 heterocycles. The van der Waals surface area contributed by atoms with Crippen LogP contribution in [0.5, 0.6) is 5.75 Å². The standard InChI is InChI=1S/C21H18N2O4/c1-27-20-10-9-14(11-18(20)21(25)26)12-22-23-13-19(24)17-8-4-6-15-5-2-3-7-16(15)17/h2-12,23H,13H2,1H3,(H,25,26)/b22-12-. The van der Waals surface area contributed by atoms with Gasteiger partial charge in [0, 0.05) is 5.56 Å². The number of carbonyl (C=O) groups is 2. The molecule has 3 aromatic carbocycles. The fraction of sp³-hybridized carbons (Fsp3) is 0.0952. The first-order chi connectivity index (χ1) is 13.1. The molecule has 0 aliphatic rings. The summed E-state index contributed by atoms with van der Waals surface area (Å²) in [6.45, 7) is 0.0342. The number of nitrogens with one attached hydrogen (secondary N) is 1. The lowest BCUT2D eigenvalue weighted by Crippen LogP contribution is -2.18. The molecule has 6 heteroatoms. The third-order valence-corrected chi connectivity index (χ3v) is 4.09. The number of nitrogens with zero attached hydrogens (tertiary/aromatic N) is 1. The van der Waals surface area contributed by atoms with Gasteiger partial charge in [0.2, 0.25) is 0 Å². The Hall–Kier alpha value is -3.67. The highest BCUT2D eigenvalue weighted by atomic mass is 16.5. The van der Waals surface area contributed by atoms with Crippen molar-refractivity contribution in [1.82, 2.24) is 5.43 Å². The predicted octanol–water partition coefficient (Wildman–Crippen LogP) is 3.35. The highest BCUT2D eigenvalue weighted by Crippen LogP contribution is 2.20. The van der Waals surface area contributed by atoms with Crippen molar-refractivity contribution in [2.24, 2.45) is 5.10 Å². The van der Waals surface area contributed by atoms with Crippen LogP contribution in [-0.2, 0) is 0 Å². The average Bonchev–Trinajstić information content (AvgIpc) is 2.70. The quantitative estimate of drug-likeness (QED) is 0.382. The van der Waals surface area contributed by atoms with Gasteiger partial charge in [-0.2, -0.15) is 5.10 Å². The molecule has 3 aromatic rings. The zero-order chi connectivity index (χ0) is 19.2. The second-order valence-electron chi connectivity index (χ2n) is 5.81. The van der Waals surface area contributed by atoms with E-state index < -0.39 is 5.97 Å². The Morgan fingerprint density at radius 1 is 1.07 bits per heavy atom. The Bertz CT molecular complexity index is 1020. The summed E-state index contributed by atoms with van der Waals surface area (Å²) in [4.78, 5) is 23.7. The first-order valence-electron chi connectivity index (χ1n) is 8.28. The van der Waals surface area contributed by atoms with Crippen molar-refractivity contribution in [2.75, 3.05) is 13.7 Å². The SMILES string of the molecule is COc1ccc(/C=N\NCC(=O)c2cccc3ccccc23)cc1C(=O)O. The molecule has 0 radical (unpaired) electrons. The summed E-state index contributed by atoms with van der Waals surface area (Å²) >= 11 is 0. The topological polar surface area (TPSA) is 88.0 Å². The monoisotopic (exact) mass is 362 g/mol. The number of hydrogen-bond donors (Lipinski definition) is 2. The van der Waals surface area contributed by atoms with Crippen LogP contribution in [0, 0.1) is 0 Å². The van der Waals surface area contributed by atoms with E-state index in [1.54, 1.807) is 18.2 Å². The number of ketones is 1. The second kappa shape index (κ2) is 8.14. The Kier molecular flexibility index (Phi) is 5.47. The van der Waals surface area contributed by atoms with Crippen LogP contribution in [0.2, 0.25) is 0 Å². The van der Waals surface area contributed by atoms with Crippen molar-refractivity contribution in [3.05, 3.63) is 77.4 Å². The lowest BCUT2D eigenvalue weighted by Gasteiger charge is -2.06. The van der Waals surface area contributed by atoms with Gasteiger partial charge in [-0.15, -0.1) is 0 Å². The number of ether oxygens (including phenoxy) is 1. The van der Waals surface area contributed by atoms with E-state index in [4.69, 9.17) is 4.74 Å². The van der Waals surface area contributed by atoms with Crippen LogP contribution < -0.4 is 10.2 Å². The van der Waals surface area contributed by atoms with Crippen LogP contribution in [0.1, 0.15) is 26.3 Å². The zero-order valence-electron chi connectivity index (χ0n) is 14.7. The number of hydrazone groups is 1. The molecule has 136 valence electrons. The van der Waals surface area contributed by atoms with Crippen LogP contribution in [0.15, 0.2) is 65.8 Å². The summed E-state index contributed by atoms with van der Waals surface area (Å²) in [6, 6.07) is 18.0. The first-order valence-corrected chi connectivity index (χ1v) is 8.28. The molecule has 0 spiro atoms. The van der Waals surface area contributed by atoms with Crippen LogP contribution in [0.3, 0.4) is 0 Å². The number of benzene rings is 3. The van der Waals surface area contributed by atoms with Gasteiger partial charge in [0.25, 0.3) is 0 Å². The molecule has 0 fully saturated rings. The van der Waals surface area contributed by atoms with Gasteiger partial charge in [0.15, 0.2) is 5.78 Å². The number of hydrogen-bond acceptors (Lipinski definition) is 5. The van der Waals surface area contributed by atoms with Crippen molar-refractivity contribution in [1.29, 1.82) is 0 Å².